The van der Waals surface area contributed by atoms with Crippen LogP contribution in [0.2, 0.25) is 0 Å². The van der Waals surface area contributed by atoms with Gasteiger partial charge in [0.1, 0.15) is 6.10 Å². The molecular weight excluding hydrogens is 244 g/mol. The van der Waals surface area contributed by atoms with Crippen molar-refractivity contribution in [2.75, 3.05) is 0 Å². The molecule has 19 heavy (non-hydrogen) atoms. The van der Waals surface area contributed by atoms with E-state index >= 15 is 0 Å². The molecule has 0 bridgehead atoms. The quantitative estimate of drug-likeness (QED) is 0.851. The van der Waals surface area contributed by atoms with E-state index in [1.807, 2.05) is 6.07 Å². The number of hydrogen-bond donors (Lipinski definition) is 2. The first-order chi connectivity index (χ1) is 8.73. The first kappa shape index (κ1) is 15.4. The maximum Gasteiger partial charge on any atom is 0.309 e. The van der Waals surface area contributed by atoms with Crippen molar-refractivity contribution in [2.24, 2.45) is 11.3 Å². The molecule has 0 aliphatic carbocycles. The number of carbonyl (C=O) groups excluding carboxylic acids is 1. The van der Waals surface area contributed by atoms with E-state index in [0.29, 0.717) is 0 Å². The Bertz CT molecular complexity index is 445. The molecule has 1 rings (SSSR count). The van der Waals surface area contributed by atoms with Gasteiger partial charge in [-0.25, -0.2) is 0 Å². The predicted molar refractivity (Wildman–Crippen MR) is 71.7 cm³/mol. The number of carboxylic acids is 1. The first-order valence-corrected chi connectivity index (χ1v) is 6.22. The number of carboxylic acid groups (broad SMARTS) is 1. The number of benzene rings is 1. The van der Waals surface area contributed by atoms with Crippen LogP contribution in [0.25, 0.3) is 0 Å². The predicted octanol–water partition coefficient (Wildman–Crippen LogP) is 1.91. The van der Waals surface area contributed by atoms with Crippen molar-refractivity contribution < 1.29 is 19.8 Å². The number of rotatable bonds is 5. The second-order valence-corrected chi connectivity index (χ2v) is 5.69. The Kier molecular flexibility index (Phi) is 4.84. The highest BCUT2D eigenvalue weighted by Crippen LogP contribution is 2.23. The number of ketones is 1. The topological polar surface area (TPSA) is 74.6 Å². The minimum atomic E-state index is -1.49. The van der Waals surface area contributed by atoms with E-state index in [0.717, 1.165) is 5.56 Å². The van der Waals surface area contributed by atoms with Crippen LogP contribution >= 0.6 is 0 Å². The Morgan fingerprint density at radius 2 is 1.68 bits per heavy atom. The molecule has 1 aromatic rings. The summed E-state index contributed by atoms with van der Waals surface area (Å²) in [6.07, 6.45) is -1.35. The molecule has 0 aromatic heterocycles. The van der Waals surface area contributed by atoms with Gasteiger partial charge in [0.2, 0.25) is 0 Å². The maximum atomic E-state index is 12.0. The van der Waals surface area contributed by atoms with Crippen molar-refractivity contribution in [2.45, 2.75) is 33.3 Å². The standard InChI is InChI=1S/C15H20O4/c1-15(2,3)13(17)12(16)11(14(18)19)9-10-7-5-4-6-8-10/h4-8,11-12,16H,9H2,1-3H3,(H,18,19)/t11-,12?/m1/s1. The minimum Gasteiger partial charge on any atom is -0.481 e. The second kappa shape index (κ2) is 5.97. The van der Waals surface area contributed by atoms with Gasteiger partial charge in [-0.05, 0) is 12.0 Å². The molecule has 0 aliphatic rings. The van der Waals surface area contributed by atoms with E-state index in [2.05, 4.69) is 0 Å². The fourth-order valence-corrected chi connectivity index (χ4v) is 1.83. The molecule has 4 nitrogen and oxygen atoms in total. The number of aliphatic hydroxyl groups is 1. The van der Waals surface area contributed by atoms with E-state index < -0.39 is 29.2 Å². The molecule has 0 spiro atoms. The van der Waals surface area contributed by atoms with Crippen LogP contribution < -0.4 is 0 Å². The highest BCUT2D eigenvalue weighted by Gasteiger charge is 2.37. The lowest BCUT2D eigenvalue weighted by molar-refractivity contribution is -0.152. The molecular formula is C15H20O4. The van der Waals surface area contributed by atoms with Gasteiger partial charge in [0.05, 0.1) is 5.92 Å². The number of Topliss-reactive ketones (excluding diaryl/α,β-unsaturated/α-hetero) is 1. The molecule has 0 heterocycles. The summed E-state index contributed by atoms with van der Waals surface area (Å²) in [6, 6.07) is 8.99. The summed E-state index contributed by atoms with van der Waals surface area (Å²) in [5.41, 5.74) is 0.0275. The third-order valence-electron chi connectivity index (χ3n) is 3.00. The highest BCUT2D eigenvalue weighted by molar-refractivity contribution is 5.91. The van der Waals surface area contributed by atoms with Crippen LogP contribution in [0.5, 0.6) is 0 Å². The lowest BCUT2D eigenvalue weighted by Crippen LogP contribution is -2.41. The lowest BCUT2D eigenvalue weighted by Gasteiger charge is -2.25. The Morgan fingerprint density at radius 1 is 1.16 bits per heavy atom. The van der Waals surface area contributed by atoms with E-state index in [1.165, 1.54) is 0 Å². The van der Waals surface area contributed by atoms with Crippen LogP contribution in [0.3, 0.4) is 0 Å². The monoisotopic (exact) mass is 264 g/mol. The highest BCUT2D eigenvalue weighted by atomic mass is 16.4. The molecule has 1 unspecified atom stereocenters. The van der Waals surface area contributed by atoms with Crippen molar-refractivity contribution in [3.8, 4) is 0 Å². The zero-order valence-corrected chi connectivity index (χ0v) is 11.5. The fraction of sp³-hybridized carbons (Fsp3) is 0.467. The van der Waals surface area contributed by atoms with Gasteiger partial charge in [-0.1, -0.05) is 51.1 Å². The molecule has 0 saturated heterocycles. The maximum absolute atomic E-state index is 12.0. The summed E-state index contributed by atoms with van der Waals surface area (Å²) >= 11 is 0. The van der Waals surface area contributed by atoms with Crippen LogP contribution in [0.4, 0.5) is 0 Å². The molecule has 2 atom stereocenters. The summed E-state index contributed by atoms with van der Waals surface area (Å²) in [5.74, 6) is -2.72. The molecule has 0 saturated carbocycles. The zero-order chi connectivity index (χ0) is 14.6. The largest absolute Gasteiger partial charge is 0.481 e. The minimum absolute atomic E-state index is 0.138. The van der Waals surface area contributed by atoms with E-state index in [4.69, 9.17) is 0 Å². The van der Waals surface area contributed by atoms with Gasteiger partial charge >= 0.3 is 5.97 Å². The molecule has 4 heteroatoms. The summed E-state index contributed by atoms with van der Waals surface area (Å²) in [7, 11) is 0. The van der Waals surface area contributed by atoms with Crippen molar-refractivity contribution in [3.05, 3.63) is 35.9 Å². The molecule has 0 fully saturated rings. The Morgan fingerprint density at radius 3 is 2.11 bits per heavy atom. The number of carbonyl (C=O) groups is 2. The SMILES string of the molecule is CC(C)(C)C(=O)C(O)[C@@H](Cc1ccccc1)C(=O)O. The number of aliphatic carboxylic acids is 1. The molecule has 0 amide bonds. The fourth-order valence-electron chi connectivity index (χ4n) is 1.83. The summed E-state index contributed by atoms with van der Waals surface area (Å²) in [4.78, 5) is 23.3. The molecule has 1 aromatic carbocycles. The Hall–Kier alpha value is -1.68. The molecule has 0 aliphatic heterocycles. The van der Waals surface area contributed by atoms with Gasteiger partial charge in [0.25, 0.3) is 0 Å². The average molecular weight is 264 g/mol. The van der Waals surface area contributed by atoms with Crippen molar-refractivity contribution >= 4 is 11.8 Å². The van der Waals surface area contributed by atoms with Crippen molar-refractivity contribution in [1.82, 2.24) is 0 Å². The van der Waals surface area contributed by atoms with Crippen LogP contribution in [0.1, 0.15) is 26.3 Å². The van der Waals surface area contributed by atoms with E-state index in [1.54, 1.807) is 45.0 Å². The first-order valence-electron chi connectivity index (χ1n) is 6.22. The van der Waals surface area contributed by atoms with E-state index in [-0.39, 0.29) is 6.42 Å². The van der Waals surface area contributed by atoms with Crippen LogP contribution in [0, 0.1) is 11.3 Å². The summed E-state index contributed by atoms with van der Waals surface area (Å²) < 4.78 is 0. The van der Waals surface area contributed by atoms with Gasteiger partial charge in [0.15, 0.2) is 5.78 Å². The third kappa shape index (κ3) is 4.17. The number of aliphatic hydroxyl groups excluding tert-OH is 1. The van der Waals surface area contributed by atoms with Crippen molar-refractivity contribution in [3.63, 3.8) is 0 Å². The van der Waals surface area contributed by atoms with Crippen LogP contribution in [-0.4, -0.2) is 28.1 Å². The molecule has 0 radical (unpaired) electrons. The van der Waals surface area contributed by atoms with Crippen molar-refractivity contribution in [1.29, 1.82) is 0 Å². The smallest absolute Gasteiger partial charge is 0.309 e. The van der Waals surface area contributed by atoms with Gasteiger partial charge < -0.3 is 10.2 Å². The summed E-state index contributed by atoms with van der Waals surface area (Å²) in [6.45, 7) is 5.00. The second-order valence-electron chi connectivity index (χ2n) is 5.69. The van der Waals surface area contributed by atoms with Gasteiger partial charge in [-0.2, -0.15) is 0 Å². The van der Waals surface area contributed by atoms with E-state index in [9.17, 15) is 19.8 Å². The average Bonchev–Trinajstić information content (AvgIpc) is 2.34. The normalized spacial score (nSPS) is 14.7. The van der Waals surface area contributed by atoms with Gasteiger partial charge in [-0.15, -0.1) is 0 Å². The van der Waals surface area contributed by atoms with Gasteiger partial charge in [-0.3, -0.25) is 9.59 Å². The molecule has 104 valence electrons. The van der Waals surface area contributed by atoms with Crippen LogP contribution in [-0.2, 0) is 16.0 Å². The lowest BCUT2D eigenvalue weighted by atomic mass is 9.81. The van der Waals surface area contributed by atoms with Gasteiger partial charge in [0, 0.05) is 5.41 Å². The number of hydrogen-bond acceptors (Lipinski definition) is 3. The summed E-state index contributed by atoms with van der Waals surface area (Å²) in [5, 5.41) is 19.2. The third-order valence-corrected chi connectivity index (χ3v) is 3.00. The zero-order valence-electron chi connectivity index (χ0n) is 11.5. The van der Waals surface area contributed by atoms with Crippen LogP contribution in [0.15, 0.2) is 30.3 Å². The molecule has 2 N–H and O–H groups in total. The Labute approximate surface area is 113 Å². The Balaban J connectivity index is 2.90.